The van der Waals surface area contributed by atoms with E-state index < -0.39 is 6.10 Å². The molecule has 0 bridgehead atoms. The number of carbonyl (C=O) groups excluding carboxylic acids is 3. The summed E-state index contributed by atoms with van der Waals surface area (Å²) in [5, 5.41) is 0. The summed E-state index contributed by atoms with van der Waals surface area (Å²) < 4.78 is 16.9. The second-order valence-corrected chi connectivity index (χ2v) is 19.9. The second kappa shape index (κ2) is 60.6. The van der Waals surface area contributed by atoms with Crippen molar-refractivity contribution in [2.24, 2.45) is 0 Å². The summed E-state index contributed by atoms with van der Waals surface area (Å²) in [6.45, 7) is 6.48. The van der Waals surface area contributed by atoms with Gasteiger partial charge in [-0.25, -0.2) is 0 Å². The molecule has 0 aliphatic rings. The van der Waals surface area contributed by atoms with Gasteiger partial charge in [-0.3, -0.25) is 14.4 Å². The molecule has 6 heteroatoms. The van der Waals surface area contributed by atoms with Crippen LogP contribution in [0.15, 0.2) is 109 Å². The van der Waals surface area contributed by atoms with Crippen LogP contribution in [0.4, 0.5) is 0 Å². The van der Waals surface area contributed by atoms with Crippen LogP contribution in [0.5, 0.6) is 0 Å². The Morgan fingerprint density at radius 2 is 0.534 bits per heavy atom. The highest BCUT2D eigenvalue weighted by Gasteiger charge is 2.19. The summed E-state index contributed by atoms with van der Waals surface area (Å²) >= 11 is 0. The predicted molar refractivity (Wildman–Crippen MR) is 316 cm³/mol. The van der Waals surface area contributed by atoms with Crippen molar-refractivity contribution >= 4 is 17.9 Å². The number of allylic oxidation sites excluding steroid dienone is 18. The van der Waals surface area contributed by atoms with Gasteiger partial charge < -0.3 is 14.2 Å². The molecule has 0 heterocycles. The maximum Gasteiger partial charge on any atom is 0.306 e. The van der Waals surface area contributed by atoms with E-state index in [2.05, 4.69) is 130 Å². The van der Waals surface area contributed by atoms with Crippen LogP contribution in [-0.2, 0) is 28.6 Å². The number of ether oxygens (including phenoxy) is 3. The lowest BCUT2D eigenvalue weighted by atomic mass is 10.0. The molecule has 0 fully saturated rings. The van der Waals surface area contributed by atoms with E-state index in [0.717, 1.165) is 135 Å². The lowest BCUT2D eigenvalue weighted by Crippen LogP contribution is -2.30. The number of carbonyl (C=O) groups is 3. The van der Waals surface area contributed by atoms with E-state index in [0.29, 0.717) is 19.3 Å². The standard InChI is InChI=1S/C67H112O6/c1-4-7-10-13-16-19-22-25-27-29-31-32-33-34-36-37-39-42-45-48-51-54-57-60-66(69)72-63-64(62-71-65(68)59-56-53-50-47-44-41-24-21-18-15-12-9-6-3)73-67(70)61-58-55-52-49-46-43-40-38-35-30-28-26-23-20-17-14-11-8-5-2/h7,10,16-17,19-20,25-28,31-32,34-36,38-39,42,64H,4-6,8-9,11-15,18,21-24,29-30,33,37,40-41,43-63H2,1-3H3/b10-7-,19-16-,20-17-,27-25-,28-26-,32-31-,36-34-,38-35-,42-39-. The van der Waals surface area contributed by atoms with Crippen LogP contribution in [0.2, 0.25) is 0 Å². The van der Waals surface area contributed by atoms with Crippen LogP contribution in [0.25, 0.3) is 0 Å². The van der Waals surface area contributed by atoms with Gasteiger partial charge in [0.2, 0.25) is 0 Å². The van der Waals surface area contributed by atoms with Gasteiger partial charge in [0.05, 0.1) is 0 Å². The molecule has 0 aliphatic carbocycles. The lowest BCUT2D eigenvalue weighted by Gasteiger charge is -2.18. The van der Waals surface area contributed by atoms with Gasteiger partial charge in [0.25, 0.3) is 0 Å². The maximum absolute atomic E-state index is 12.9. The second-order valence-electron chi connectivity index (χ2n) is 19.9. The minimum Gasteiger partial charge on any atom is -0.462 e. The monoisotopic (exact) mass is 1010 g/mol. The van der Waals surface area contributed by atoms with E-state index in [4.69, 9.17) is 14.2 Å². The van der Waals surface area contributed by atoms with Gasteiger partial charge in [-0.15, -0.1) is 0 Å². The average Bonchev–Trinajstić information content (AvgIpc) is 3.39. The third-order valence-corrected chi connectivity index (χ3v) is 12.8. The van der Waals surface area contributed by atoms with Crippen molar-refractivity contribution in [2.75, 3.05) is 13.2 Å². The first kappa shape index (κ1) is 69.1. The molecule has 0 aliphatic heterocycles. The molecule has 0 aromatic carbocycles. The highest BCUT2D eigenvalue weighted by Crippen LogP contribution is 2.15. The predicted octanol–water partition coefficient (Wildman–Crippen LogP) is 20.7. The molecule has 0 saturated heterocycles. The molecule has 1 unspecified atom stereocenters. The zero-order valence-electron chi connectivity index (χ0n) is 47.6. The Balaban J connectivity index is 4.44. The van der Waals surface area contributed by atoms with Gasteiger partial charge in [0, 0.05) is 19.3 Å². The van der Waals surface area contributed by atoms with E-state index in [1.54, 1.807) is 0 Å². The number of esters is 3. The summed E-state index contributed by atoms with van der Waals surface area (Å²) in [5.74, 6) is -0.925. The van der Waals surface area contributed by atoms with E-state index in [1.807, 2.05) is 0 Å². The molecule has 0 rings (SSSR count). The fraction of sp³-hybridized carbons (Fsp3) is 0.687. The third kappa shape index (κ3) is 58.8. The first-order valence-corrected chi connectivity index (χ1v) is 30.4. The van der Waals surface area contributed by atoms with Gasteiger partial charge in [-0.1, -0.05) is 259 Å². The molecule has 0 aromatic heterocycles. The number of hydrogen-bond donors (Lipinski definition) is 0. The molecular formula is C67H112O6. The van der Waals surface area contributed by atoms with Crippen molar-refractivity contribution in [1.82, 2.24) is 0 Å². The highest BCUT2D eigenvalue weighted by molar-refractivity contribution is 5.71. The topological polar surface area (TPSA) is 78.9 Å². The fourth-order valence-corrected chi connectivity index (χ4v) is 8.22. The van der Waals surface area contributed by atoms with Crippen LogP contribution >= 0.6 is 0 Å². The summed E-state index contributed by atoms with van der Waals surface area (Å²) in [5.41, 5.74) is 0. The molecule has 6 nitrogen and oxygen atoms in total. The van der Waals surface area contributed by atoms with E-state index >= 15 is 0 Å². The Morgan fingerprint density at radius 1 is 0.288 bits per heavy atom. The Labute approximate surface area is 450 Å². The quantitative estimate of drug-likeness (QED) is 0.0261. The third-order valence-electron chi connectivity index (χ3n) is 12.8. The highest BCUT2D eigenvalue weighted by atomic mass is 16.6. The van der Waals surface area contributed by atoms with Crippen LogP contribution in [0.1, 0.15) is 278 Å². The van der Waals surface area contributed by atoms with Crippen molar-refractivity contribution in [3.8, 4) is 0 Å². The van der Waals surface area contributed by atoms with Crippen LogP contribution in [0, 0.1) is 0 Å². The summed E-state index contributed by atoms with van der Waals surface area (Å²) in [6, 6.07) is 0. The summed E-state index contributed by atoms with van der Waals surface area (Å²) in [6.07, 6.45) is 82.2. The molecule has 0 saturated carbocycles. The van der Waals surface area contributed by atoms with Crippen molar-refractivity contribution in [1.29, 1.82) is 0 Å². The molecule has 416 valence electrons. The summed E-state index contributed by atoms with van der Waals surface area (Å²) in [4.78, 5) is 38.2. The molecule has 73 heavy (non-hydrogen) atoms. The Kier molecular flexibility index (Phi) is 57.4. The van der Waals surface area contributed by atoms with Gasteiger partial charge in [-0.2, -0.15) is 0 Å². The molecule has 0 amide bonds. The summed E-state index contributed by atoms with van der Waals surface area (Å²) in [7, 11) is 0. The zero-order valence-corrected chi connectivity index (χ0v) is 47.6. The Morgan fingerprint density at radius 3 is 0.863 bits per heavy atom. The van der Waals surface area contributed by atoms with Gasteiger partial charge in [0.15, 0.2) is 6.10 Å². The van der Waals surface area contributed by atoms with E-state index in [9.17, 15) is 14.4 Å². The maximum atomic E-state index is 12.9. The van der Waals surface area contributed by atoms with Crippen molar-refractivity contribution < 1.29 is 28.6 Å². The molecule has 0 spiro atoms. The minimum atomic E-state index is -0.797. The lowest BCUT2D eigenvalue weighted by molar-refractivity contribution is -0.167. The number of hydrogen-bond acceptors (Lipinski definition) is 6. The number of unbranched alkanes of at least 4 members (excludes halogenated alkanes) is 25. The molecular weight excluding hydrogens is 901 g/mol. The Bertz CT molecular complexity index is 1490. The zero-order chi connectivity index (χ0) is 52.9. The van der Waals surface area contributed by atoms with Crippen LogP contribution < -0.4 is 0 Å². The first-order valence-electron chi connectivity index (χ1n) is 30.4. The molecule has 0 aromatic rings. The smallest absolute Gasteiger partial charge is 0.306 e. The molecule has 0 radical (unpaired) electrons. The molecule has 1 atom stereocenters. The molecule has 0 N–H and O–H groups in total. The number of rotatable bonds is 54. The van der Waals surface area contributed by atoms with E-state index in [1.165, 1.54) is 103 Å². The van der Waals surface area contributed by atoms with E-state index in [-0.39, 0.29) is 31.1 Å². The van der Waals surface area contributed by atoms with Gasteiger partial charge >= 0.3 is 17.9 Å². The first-order chi connectivity index (χ1) is 36.0. The van der Waals surface area contributed by atoms with Gasteiger partial charge in [0.1, 0.15) is 13.2 Å². The average molecular weight is 1010 g/mol. The largest absolute Gasteiger partial charge is 0.462 e. The van der Waals surface area contributed by atoms with Crippen LogP contribution in [0.3, 0.4) is 0 Å². The van der Waals surface area contributed by atoms with Crippen LogP contribution in [-0.4, -0.2) is 37.2 Å². The SMILES string of the molecule is CC/C=C\C/C=C\C/C=C\C/C=C\C/C=C\C/C=C\CCCCCCC(=O)OCC(COC(=O)CCCCCCCCCCCCCCC)OC(=O)CCCCCCCC/C=C\C/C=C\C/C=C\CCCCC. The van der Waals surface area contributed by atoms with Crippen molar-refractivity contribution in [3.63, 3.8) is 0 Å². The normalized spacial score (nSPS) is 12.9. The fourth-order valence-electron chi connectivity index (χ4n) is 8.22. The van der Waals surface area contributed by atoms with Crippen molar-refractivity contribution in [2.45, 2.75) is 284 Å². The Hall–Kier alpha value is -3.93. The minimum absolute atomic E-state index is 0.0911. The van der Waals surface area contributed by atoms with Crippen molar-refractivity contribution in [3.05, 3.63) is 109 Å². The van der Waals surface area contributed by atoms with Gasteiger partial charge in [-0.05, 0) is 109 Å².